The van der Waals surface area contributed by atoms with Crippen molar-refractivity contribution in [2.75, 3.05) is 6.23 Å². The molecule has 0 aromatic heterocycles. The number of ether oxygens (including phenoxy) is 2. The predicted molar refractivity (Wildman–Crippen MR) is 102 cm³/mol. The molecule has 3 nitrogen and oxygen atoms in total. The summed E-state index contributed by atoms with van der Waals surface area (Å²) in [5.41, 5.74) is 1.16. The van der Waals surface area contributed by atoms with Gasteiger partial charge in [-0.1, -0.05) is 63.7 Å². The zero-order valence-corrected chi connectivity index (χ0v) is 17.2. The first-order valence-electron chi connectivity index (χ1n) is 8.51. The fourth-order valence-corrected chi connectivity index (χ4v) is 6.62. The Labute approximate surface area is 148 Å². The van der Waals surface area contributed by atoms with Gasteiger partial charge >= 0.3 is 5.97 Å². The first-order chi connectivity index (χ1) is 11.1. The molecule has 1 aromatic rings. The molecule has 0 unspecified atom stereocenters. The van der Waals surface area contributed by atoms with E-state index in [1.165, 1.54) is 6.92 Å². The first-order valence-corrected chi connectivity index (χ1v) is 11.2. The maximum atomic E-state index is 11.7. The fraction of sp³-hybridized carbons (Fsp3) is 0.550. The molecule has 1 aromatic carbocycles. The second-order valence-corrected chi connectivity index (χ2v) is 13.2. The lowest BCUT2D eigenvalue weighted by Gasteiger charge is -2.49. The standard InChI is InChI=1S/C20H32O3Si/c1-8-14-20(6,23-17(2)21)24(7,19(3,4)5)16-22-15-18-12-10-9-11-13-18/h8-14H,15-16H2,1-7H3/b14-8+/t20-,24+/m0/s1. The van der Waals surface area contributed by atoms with E-state index in [1.807, 2.05) is 44.2 Å². The molecule has 0 bridgehead atoms. The minimum atomic E-state index is -2.19. The average molecular weight is 349 g/mol. The lowest BCUT2D eigenvalue weighted by atomic mass is 10.2. The van der Waals surface area contributed by atoms with Gasteiger partial charge in [-0.3, -0.25) is 4.79 Å². The lowest BCUT2D eigenvalue weighted by molar-refractivity contribution is -0.146. The highest BCUT2D eigenvalue weighted by atomic mass is 28.3. The first kappa shape index (κ1) is 20.7. The van der Waals surface area contributed by atoms with E-state index in [0.29, 0.717) is 12.8 Å². The summed E-state index contributed by atoms with van der Waals surface area (Å²) in [5, 5.41) is -0.601. The highest BCUT2D eigenvalue weighted by Crippen LogP contribution is 2.45. The smallest absolute Gasteiger partial charge is 0.303 e. The molecule has 134 valence electrons. The molecule has 0 saturated heterocycles. The maximum Gasteiger partial charge on any atom is 0.303 e. The summed E-state index contributed by atoms with van der Waals surface area (Å²) in [6.45, 7) is 15.0. The topological polar surface area (TPSA) is 35.5 Å². The molecule has 0 aliphatic heterocycles. The number of allylic oxidation sites excluding steroid dienone is 1. The number of esters is 1. The fourth-order valence-electron chi connectivity index (χ4n) is 3.00. The molecule has 2 atom stereocenters. The van der Waals surface area contributed by atoms with E-state index in [4.69, 9.17) is 9.47 Å². The van der Waals surface area contributed by atoms with E-state index in [9.17, 15) is 4.79 Å². The minimum Gasteiger partial charge on any atom is -0.459 e. The molecule has 0 N–H and O–H groups in total. The molecule has 0 spiro atoms. The Hall–Kier alpha value is -1.39. The third kappa shape index (κ3) is 4.80. The summed E-state index contributed by atoms with van der Waals surface area (Å²) in [6, 6.07) is 10.2. The van der Waals surface area contributed by atoms with E-state index in [2.05, 4.69) is 39.5 Å². The molecule has 0 aliphatic rings. The molecular weight excluding hydrogens is 316 g/mol. The Morgan fingerprint density at radius 3 is 2.21 bits per heavy atom. The van der Waals surface area contributed by atoms with Gasteiger partial charge in [-0.25, -0.2) is 0 Å². The van der Waals surface area contributed by atoms with Crippen LogP contribution in [0.2, 0.25) is 11.6 Å². The quantitative estimate of drug-likeness (QED) is 0.392. The summed E-state index contributed by atoms with van der Waals surface area (Å²) in [4.78, 5) is 11.7. The Morgan fingerprint density at radius 1 is 1.17 bits per heavy atom. The van der Waals surface area contributed by atoms with Crippen LogP contribution in [0.3, 0.4) is 0 Å². The van der Waals surface area contributed by atoms with Crippen molar-refractivity contribution in [3.63, 3.8) is 0 Å². The van der Waals surface area contributed by atoms with E-state index >= 15 is 0 Å². The number of hydrogen-bond donors (Lipinski definition) is 0. The van der Waals surface area contributed by atoms with E-state index in [-0.39, 0.29) is 11.0 Å². The van der Waals surface area contributed by atoms with Gasteiger partial charge in [0, 0.05) is 13.2 Å². The van der Waals surface area contributed by atoms with Gasteiger partial charge < -0.3 is 9.47 Å². The summed E-state index contributed by atoms with van der Waals surface area (Å²) in [5.74, 6) is -0.248. The van der Waals surface area contributed by atoms with Gasteiger partial charge in [0.1, 0.15) is 13.3 Å². The molecule has 4 heteroatoms. The van der Waals surface area contributed by atoms with Crippen molar-refractivity contribution in [3.05, 3.63) is 48.0 Å². The predicted octanol–water partition coefficient (Wildman–Crippen LogP) is 5.06. The molecule has 0 heterocycles. The summed E-state index contributed by atoms with van der Waals surface area (Å²) in [6.07, 6.45) is 4.62. The van der Waals surface area contributed by atoms with Crippen LogP contribution in [0.25, 0.3) is 0 Å². The highest BCUT2D eigenvalue weighted by Gasteiger charge is 2.55. The molecule has 0 radical (unpaired) electrons. The summed E-state index contributed by atoms with van der Waals surface area (Å²) < 4.78 is 12.0. The monoisotopic (exact) mass is 348 g/mol. The summed E-state index contributed by atoms with van der Waals surface area (Å²) in [7, 11) is -2.19. The number of hydrogen-bond acceptors (Lipinski definition) is 3. The zero-order valence-electron chi connectivity index (χ0n) is 16.2. The van der Waals surface area contributed by atoms with Gasteiger partial charge in [0.2, 0.25) is 0 Å². The SMILES string of the molecule is C/C=C/[C@@](C)(OC(C)=O)[Si@](C)(COCc1ccccc1)C(C)(C)C. The normalized spacial score (nSPS) is 17.3. The van der Waals surface area contributed by atoms with Crippen LogP contribution in [-0.4, -0.2) is 25.5 Å². The number of benzene rings is 1. The summed E-state index contributed by atoms with van der Waals surface area (Å²) >= 11 is 0. The number of carbonyl (C=O) groups is 1. The van der Waals surface area contributed by atoms with E-state index in [0.717, 1.165) is 5.56 Å². The minimum absolute atomic E-state index is 0.00734. The van der Waals surface area contributed by atoms with Crippen molar-refractivity contribution in [3.8, 4) is 0 Å². The van der Waals surface area contributed by atoms with E-state index in [1.54, 1.807) is 0 Å². The molecule has 0 fully saturated rings. The van der Waals surface area contributed by atoms with Crippen LogP contribution in [0.5, 0.6) is 0 Å². The Bertz CT molecular complexity index is 562. The second kappa shape index (κ2) is 8.12. The van der Waals surface area contributed by atoms with Crippen molar-refractivity contribution >= 4 is 14.0 Å². The van der Waals surface area contributed by atoms with E-state index < -0.39 is 13.3 Å². The van der Waals surface area contributed by atoms with Crippen molar-refractivity contribution in [1.82, 2.24) is 0 Å². The largest absolute Gasteiger partial charge is 0.459 e. The Balaban J connectivity index is 3.05. The number of carbonyl (C=O) groups excluding carboxylic acids is 1. The molecule has 0 saturated carbocycles. The number of rotatable bonds is 7. The highest BCUT2D eigenvalue weighted by molar-refractivity contribution is 6.84. The third-order valence-corrected chi connectivity index (χ3v) is 11.6. The van der Waals surface area contributed by atoms with Crippen LogP contribution in [-0.2, 0) is 20.9 Å². The van der Waals surface area contributed by atoms with Gasteiger partial charge in [-0.2, -0.15) is 0 Å². The second-order valence-electron chi connectivity index (χ2n) is 7.76. The van der Waals surface area contributed by atoms with Gasteiger partial charge in [-0.15, -0.1) is 0 Å². The molecular formula is C20H32O3Si. The van der Waals surface area contributed by atoms with Crippen molar-refractivity contribution in [2.24, 2.45) is 0 Å². The van der Waals surface area contributed by atoms with Crippen LogP contribution < -0.4 is 0 Å². The molecule has 0 aliphatic carbocycles. The van der Waals surface area contributed by atoms with Crippen molar-refractivity contribution in [1.29, 1.82) is 0 Å². The van der Waals surface area contributed by atoms with Crippen LogP contribution in [0.4, 0.5) is 0 Å². The Morgan fingerprint density at radius 2 is 1.75 bits per heavy atom. The van der Waals surface area contributed by atoms with Crippen LogP contribution in [0.1, 0.15) is 47.1 Å². The molecule has 0 amide bonds. The van der Waals surface area contributed by atoms with Gasteiger partial charge in [0.15, 0.2) is 0 Å². The van der Waals surface area contributed by atoms with Crippen molar-refractivity contribution < 1.29 is 14.3 Å². The third-order valence-electron chi connectivity index (χ3n) is 5.09. The van der Waals surface area contributed by atoms with Crippen LogP contribution in [0, 0.1) is 0 Å². The van der Waals surface area contributed by atoms with Gasteiger partial charge in [-0.05, 0) is 30.5 Å². The average Bonchev–Trinajstić information content (AvgIpc) is 2.46. The Kier molecular flexibility index (Phi) is 6.99. The molecule has 1 rings (SSSR count). The molecule has 24 heavy (non-hydrogen) atoms. The zero-order chi connectivity index (χ0) is 18.4. The van der Waals surface area contributed by atoms with Crippen LogP contribution >= 0.6 is 0 Å². The van der Waals surface area contributed by atoms with Gasteiger partial charge in [0.25, 0.3) is 0 Å². The van der Waals surface area contributed by atoms with Crippen molar-refractivity contribution in [2.45, 2.75) is 65.0 Å². The maximum absolute atomic E-state index is 11.7. The van der Waals surface area contributed by atoms with Crippen LogP contribution in [0.15, 0.2) is 42.5 Å². The van der Waals surface area contributed by atoms with Gasteiger partial charge in [0.05, 0.1) is 6.61 Å². The lowest BCUT2D eigenvalue weighted by Crippen LogP contribution is -2.64.